The summed E-state index contributed by atoms with van der Waals surface area (Å²) < 4.78 is 16.4. The van der Waals surface area contributed by atoms with Crippen molar-refractivity contribution in [2.45, 2.75) is 32.4 Å². The van der Waals surface area contributed by atoms with Crippen molar-refractivity contribution in [1.29, 1.82) is 0 Å². The van der Waals surface area contributed by atoms with Gasteiger partial charge in [-0.05, 0) is 37.6 Å². The lowest BCUT2D eigenvalue weighted by molar-refractivity contribution is -0.150. The topological polar surface area (TPSA) is 73.9 Å². The van der Waals surface area contributed by atoms with Gasteiger partial charge in [0.2, 0.25) is 0 Å². The zero-order valence-electron chi connectivity index (χ0n) is 16.1. The number of hydrogen-bond donors (Lipinski definition) is 1. The molecule has 2 aromatic carbocycles. The summed E-state index contributed by atoms with van der Waals surface area (Å²) in [7, 11) is 0. The highest BCUT2D eigenvalue weighted by atomic mass is 35.5. The van der Waals surface area contributed by atoms with Crippen molar-refractivity contribution in [1.82, 2.24) is 5.32 Å². The molecule has 1 heterocycles. The molecule has 2 aromatic rings. The van der Waals surface area contributed by atoms with Gasteiger partial charge in [0.25, 0.3) is 5.91 Å². The number of carbonyl (C=O) groups excluding carboxylic acids is 2. The van der Waals surface area contributed by atoms with E-state index in [-0.39, 0.29) is 18.8 Å². The van der Waals surface area contributed by atoms with Gasteiger partial charge in [-0.3, -0.25) is 4.79 Å². The molecule has 0 aliphatic carbocycles. The standard InChI is InChI=1S/C21H21Cl2NO5/c1-21(2)9-13-4-3-5-17(20(13)29-21)27-12-19(26)28-11-18(25)24-10-14-6-7-15(22)8-16(14)23/h3-8H,9-12H2,1-2H3,(H,24,25). The van der Waals surface area contributed by atoms with Gasteiger partial charge in [0.1, 0.15) is 5.60 Å². The highest BCUT2D eigenvalue weighted by molar-refractivity contribution is 6.35. The lowest BCUT2D eigenvalue weighted by Crippen LogP contribution is -2.29. The first kappa shape index (κ1) is 21.3. The third kappa shape index (κ3) is 5.78. The van der Waals surface area contributed by atoms with Gasteiger partial charge in [0.05, 0.1) is 0 Å². The third-order valence-corrected chi connectivity index (χ3v) is 4.84. The first-order valence-electron chi connectivity index (χ1n) is 9.03. The van der Waals surface area contributed by atoms with Gasteiger partial charge in [-0.2, -0.15) is 0 Å². The lowest BCUT2D eigenvalue weighted by Gasteiger charge is -2.18. The Morgan fingerprint density at radius 2 is 1.97 bits per heavy atom. The van der Waals surface area contributed by atoms with Gasteiger partial charge >= 0.3 is 5.97 Å². The molecule has 1 aliphatic heterocycles. The minimum atomic E-state index is -0.653. The quantitative estimate of drug-likeness (QED) is 0.663. The van der Waals surface area contributed by atoms with Crippen LogP contribution in [-0.4, -0.2) is 30.7 Å². The van der Waals surface area contributed by atoms with E-state index in [4.69, 9.17) is 37.4 Å². The Morgan fingerprint density at radius 1 is 1.17 bits per heavy atom. The lowest BCUT2D eigenvalue weighted by atomic mass is 10.0. The number of carbonyl (C=O) groups is 2. The number of para-hydroxylation sites is 1. The van der Waals surface area contributed by atoms with Gasteiger partial charge in [-0.1, -0.05) is 41.4 Å². The van der Waals surface area contributed by atoms with Crippen LogP contribution in [0.2, 0.25) is 10.0 Å². The predicted octanol–water partition coefficient (Wildman–Crippen LogP) is 3.95. The van der Waals surface area contributed by atoms with E-state index in [9.17, 15) is 9.59 Å². The number of esters is 1. The molecular weight excluding hydrogens is 417 g/mol. The number of benzene rings is 2. The van der Waals surface area contributed by atoms with Crippen molar-refractivity contribution < 1.29 is 23.8 Å². The molecule has 1 aliphatic rings. The molecule has 6 nitrogen and oxygen atoms in total. The van der Waals surface area contributed by atoms with Crippen LogP contribution in [0.1, 0.15) is 25.0 Å². The number of ether oxygens (including phenoxy) is 3. The third-order valence-electron chi connectivity index (χ3n) is 4.26. The summed E-state index contributed by atoms with van der Waals surface area (Å²) in [6.07, 6.45) is 0.766. The number of rotatable bonds is 7. The monoisotopic (exact) mass is 437 g/mol. The average molecular weight is 438 g/mol. The van der Waals surface area contributed by atoms with E-state index < -0.39 is 18.5 Å². The van der Waals surface area contributed by atoms with Crippen molar-refractivity contribution in [3.05, 3.63) is 57.6 Å². The van der Waals surface area contributed by atoms with Crippen molar-refractivity contribution in [2.75, 3.05) is 13.2 Å². The molecule has 0 atom stereocenters. The Hall–Kier alpha value is -2.44. The second-order valence-corrected chi connectivity index (χ2v) is 8.09. The molecule has 0 bridgehead atoms. The van der Waals surface area contributed by atoms with Crippen molar-refractivity contribution in [3.63, 3.8) is 0 Å². The van der Waals surface area contributed by atoms with Crippen LogP contribution in [0.15, 0.2) is 36.4 Å². The Bertz CT molecular complexity index is 929. The molecule has 1 amide bonds. The van der Waals surface area contributed by atoms with E-state index in [1.807, 2.05) is 26.0 Å². The van der Waals surface area contributed by atoms with Crippen LogP contribution in [0.4, 0.5) is 0 Å². The van der Waals surface area contributed by atoms with E-state index >= 15 is 0 Å². The fourth-order valence-corrected chi connectivity index (χ4v) is 3.41. The van der Waals surface area contributed by atoms with Crippen LogP contribution in [0.3, 0.4) is 0 Å². The molecule has 1 N–H and O–H groups in total. The molecule has 0 fully saturated rings. The Balaban J connectivity index is 1.43. The number of halogens is 2. The maximum absolute atomic E-state index is 11.9. The normalized spacial score (nSPS) is 13.9. The number of fused-ring (bicyclic) bond motifs is 1. The molecule has 0 saturated carbocycles. The van der Waals surface area contributed by atoms with Crippen LogP contribution < -0.4 is 14.8 Å². The zero-order chi connectivity index (χ0) is 21.0. The summed E-state index contributed by atoms with van der Waals surface area (Å²) in [6.45, 7) is 3.44. The highest BCUT2D eigenvalue weighted by Gasteiger charge is 2.32. The van der Waals surface area contributed by atoms with Crippen molar-refractivity contribution in [3.8, 4) is 11.5 Å². The number of amides is 1. The van der Waals surface area contributed by atoms with Crippen LogP contribution in [0.25, 0.3) is 0 Å². The van der Waals surface area contributed by atoms with Crippen LogP contribution >= 0.6 is 23.2 Å². The molecule has 0 unspecified atom stereocenters. The van der Waals surface area contributed by atoms with E-state index in [2.05, 4.69) is 5.32 Å². The Kier molecular flexibility index (Phi) is 6.55. The zero-order valence-corrected chi connectivity index (χ0v) is 17.6. The van der Waals surface area contributed by atoms with Crippen LogP contribution in [-0.2, 0) is 27.3 Å². The molecule has 0 saturated heterocycles. The Morgan fingerprint density at radius 3 is 2.72 bits per heavy atom. The van der Waals surface area contributed by atoms with Gasteiger partial charge in [-0.25, -0.2) is 4.79 Å². The second kappa shape index (κ2) is 8.93. The summed E-state index contributed by atoms with van der Waals surface area (Å²) in [6, 6.07) is 10.5. The van der Waals surface area contributed by atoms with Crippen molar-refractivity contribution in [2.24, 2.45) is 0 Å². The molecule has 8 heteroatoms. The second-order valence-electron chi connectivity index (χ2n) is 7.24. The van der Waals surface area contributed by atoms with Gasteiger partial charge < -0.3 is 19.5 Å². The fourth-order valence-electron chi connectivity index (χ4n) is 2.94. The fraction of sp³-hybridized carbons (Fsp3) is 0.333. The van der Waals surface area contributed by atoms with Gasteiger partial charge in [0.15, 0.2) is 24.7 Å². The van der Waals surface area contributed by atoms with E-state index in [0.717, 1.165) is 12.0 Å². The number of nitrogens with one attached hydrogen (secondary N) is 1. The molecule has 154 valence electrons. The van der Waals surface area contributed by atoms with Crippen LogP contribution in [0, 0.1) is 0 Å². The summed E-state index contributed by atoms with van der Waals surface area (Å²) >= 11 is 11.9. The molecule has 0 radical (unpaired) electrons. The first-order chi connectivity index (χ1) is 13.7. The smallest absolute Gasteiger partial charge is 0.344 e. The maximum Gasteiger partial charge on any atom is 0.344 e. The van der Waals surface area contributed by atoms with Gasteiger partial charge in [-0.15, -0.1) is 0 Å². The minimum Gasteiger partial charge on any atom is -0.483 e. The highest BCUT2D eigenvalue weighted by Crippen LogP contribution is 2.41. The number of hydrogen-bond acceptors (Lipinski definition) is 5. The van der Waals surface area contributed by atoms with E-state index in [0.29, 0.717) is 27.1 Å². The molecule has 3 rings (SSSR count). The molecule has 0 spiro atoms. The molecule has 0 aromatic heterocycles. The Labute approximate surface area is 179 Å². The minimum absolute atomic E-state index is 0.201. The summed E-state index contributed by atoms with van der Waals surface area (Å²) in [5.74, 6) is 0.0179. The maximum atomic E-state index is 11.9. The largest absolute Gasteiger partial charge is 0.483 e. The van der Waals surface area contributed by atoms with E-state index in [1.54, 1.807) is 24.3 Å². The SMILES string of the molecule is CC1(C)Cc2cccc(OCC(=O)OCC(=O)NCc3ccc(Cl)cc3Cl)c2O1. The summed E-state index contributed by atoms with van der Waals surface area (Å²) in [5.41, 5.74) is 1.42. The summed E-state index contributed by atoms with van der Waals surface area (Å²) in [4.78, 5) is 23.8. The average Bonchev–Trinajstić information content (AvgIpc) is 2.98. The van der Waals surface area contributed by atoms with Crippen molar-refractivity contribution >= 4 is 35.1 Å². The summed E-state index contributed by atoms with van der Waals surface area (Å²) in [5, 5.41) is 3.59. The van der Waals surface area contributed by atoms with Gasteiger partial charge in [0, 0.05) is 28.6 Å². The predicted molar refractivity (Wildman–Crippen MR) is 110 cm³/mol. The molecular formula is C21H21Cl2NO5. The molecule has 29 heavy (non-hydrogen) atoms. The van der Waals surface area contributed by atoms with Crippen LogP contribution in [0.5, 0.6) is 11.5 Å². The first-order valence-corrected chi connectivity index (χ1v) is 9.79. The van der Waals surface area contributed by atoms with E-state index in [1.165, 1.54) is 0 Å².